The summed E-state index contributed by atoms with van der Waals surface area (Å²) in [5.41, 5.74) is 2.91. The highest BCUT2D eigenvalue weighted by Gasteiger charge is 2.15. The zero-order valence-electron chi connectivity index (χ0n) is 13.4. The van der Waals surface area contributed by atoms with E-state index in [1.807, 2.05) is 24.2 Å². The number of thioether (sulfide) groups is 1. The molecule has 0 aliphatic carbocycles. The van der Waals surface area contributed by atoms with E-state index < -0.39 is 0 Å². The fraction of sp³-hybridized carbons (Fsp3) is 0.600. The van der Waals surface area contributed by atoms with Crippen LogP contribution in [0.4, 0.5) is 0 Å². The van der Waals surface area contributed by atoms with Gasteiger partial charge in [0.15, 0.2) is 5.16 Å². The van der Waals surface area contributed by atoms with Gasteiger partial charge in [0.1, 0.15) is 11.4 Å². The molecule has 3 rings (SSSR count). The van der Waals surface area contributed by atoms with Crippen LogP contribution in [0.15, 0.2) is 11.5 Å². The Hall–Kier alpha value is -1.31. The summed E-state index contributed by atoms with van der Waals surface area (Å²) in [6.45, 7) is 7.80. The molecule has 0 saturated carbocycles. The van der Waals surface area contributed by atoms with Gasteiger partial charge in [0, 0.05) is 38.9 Å². The Balaban J connectivity index is 1.70. The first kappa shape index (κ1) is 15.6. The summed E-state index contributed by atoms with van der Waals surface area (Å²) in [6.07, 6.45) is 7.18. The van der Waals surface area contributed by atoms with Crippen molar-refractivity contribution in [2.24, 2.45) is 7.05 Å². The van der Waals surface area contributed by atoms with E-state index in [9.17, 15) is 0 Å². The molecule has 0 bridgehead atoms. The van der Waals surface area contributed by atoms with Crippen LogP contribution < -0.4 is 0 Å². The van der Waals surface area contributed by atoms with Crippen LogP contribution in [0.5, 0.6) is 0 Å². The smallest absolute Gasteiger partial charge is 0.168 e. The lowest BCUT2D eigenvalue weighted by atomic mass is 10.3. The van der Waals surface area contributed by atoms with Crippen molar-refractivity contribution in [3.63, 3.8) is 0 Å². The summed E-state index contributed by atoms with van der Waals surface area (Å²) >= 11 is 1.62. The van der Waals surface area contributed by atoms with Gasteiger partial charge in [-0.25, -0.2) is 9.97 Å². The van der Waals surface area contributed by atoms with Crippen molar-refractivity contribution in [3.8, 4) is 11.4 Å². The number of rotatable bonds is 5. The predicted molar refractivity (Wildman–Crippen MR) is 87.0 cm³/mol. The molecule has 1 radical (unpaired) electrons. The van der Waals surface area contributed by atoms with E-state index in [-0.39, 0.29) is 0 Å². The number of nitrogens with zero attached hydrogens (tertiary/aromatic N) is 5. The molecule has 3 heterocycles. The van der Waals surface area contributed by atoms with Crippen LogP contribution in [0, 0.1) is 13.1 Å². The van der Waals surface area contributed by atoms with Crippen molar-refractivity contribution in [1.82, 2.24) is 24.0 Å². The first-order chi connectivity index (χ1) is 10.7. The van der Waals surface area contributed by atoms with Crippen LogP contribution in [-0.4, -0.2) is 63.1 Å². The maximum Gasteiger partial charge on any atom is 0.168 e. The van der Waals surface area contributed by atoms with Gasteiger partial charge in [0.2, 0.25) is 0 Å². The number of morpholine rings is 1. The Morgan fingerprint density at radius 3 is 2.77 bits per heavy atom. The lowest BCUT2D eigenvalue weighted by Gasteiger charge is -2.26. The molecule has 0 atom stereocenters. The van der Waals surface area contributed by atoms with Gasteiger partial charge >= 0.3 is 0 Å². The van der Waals surface area contributed by atoms with E-state index in [4.69, 9.17) is 4.74 Å². The number of hydrogen-bond donors (Lipinski definition) is 0. The SMILES string of the molecule is CSc1nc(-c2ncn(CCN3CCOCC3)c2C)[c]n1C. The fourth-order valence-electron chi connectivity index (χ4n) is 2.67. The van der Waals surface area contributed by atoms with E-state index in [2.05, 4.69) is 32.6 Å². The molecule has 7 heteroatoms. The summed E-state index contributed by atoms with van der Waals surface area (Å²) in [5.74, 6) is 0. The molecule has 119 valence electrons. The number of aryl methyl sites for hydroxylation is 1. The van der Waals surface area contributed by atoms with Crippen LogP contribution in [0.25, 0.3) is 11.4 Å². The molecular formula is C15H22N5OS. The number of hydrogen-bond acceptors (Lipinski definition) is 5. The molecule has 6 nitrogen and oxygen atoms in total. The molecule has 1 aliphatic heterocycles. The predicted octanol–water partition coefficient (Wildman–Crippen LogP) is 1.45. The average molecular weight is 320 g/mol. The highest BCUT2D eigenvalue weighted by atomic mass is 32.2. The highest BCUT2D eigenvalue weighted by Crippen LogP contribution is 2.23. The Bertz CT molecular complexity index is 630. The minimum atomic E-state index is 0.828. The van der Waals surface area contributed by atoms with E-state index >= 15 is 0 Å². The minimum absolute atomic E-state index is 0.828. The van der Waals surface area contributed by atoms with E-state index in [1.165, 1.54) is 0 Å². The van der Waals surface area contributed by atoms with Crippen molar-refractivity contribution in [3.05, 3.63) is 18.2 Å². The highest BCUT2D eigenvalue weighted by molar-refractivity contribution is 7.98. The van der Waals surface area contributed by atoms with Gasteiger partial charge in [-0.1, -0.05) is 11.8 Å². The topological polar surface area (TPSA) is 48.1 Å². The van der Waals surface area contributed by atoms with Crippen LogP contribution >= 0.6 is 11.8 Å². The van der Waals surface area contributed by atoms with Gasteiger partial charge < -0.3 is 13.9 Å². The Kier molecular flexibility index (Phi) is 4.85. The van der Waals surface area contributed by atoms with Crippen LogP contribution in [0.2, 0.25) is 0 Å². The zero-order valence-corrected chi connectivity index (χ0v) is 14.2. The third-order valence-electron chi connectivity index (χ3n) is 4.04. The molecule has 22 heavy (non-hydrogen) atoms. The first-order valence-corrected chi connectivity index (χ1v) is 8.73. The van der Waals surface area contributed by atoms with Crippen LogP contribution in [0.1, 0.15) is 5.69 Å². The standard InChI is InChI=1S/C15H22N5OS/c1-12-14(13-10-18(2)15(17-13)22-3)16-11-20(12)5-4-19-6-8-21-9-7-19/h11H,4-9H2,1-3H3. The third kappa shape index (κ3) is 3.21. The quantitative estimate of drug-likeness (QED) is 0.780. The monoisotopic (exact) mass is 320 g/mol. The molecule has 1 fully saturated rings. The van der Waals surface area contributed by atoms with Gasteiger partial charge in [-0.15, -0.1) is 0 Å². The van der Waals surface area contributed by atoms with Crippen molar-refractivity contribution >= 4 is 11.8 Å². The summed E-state index contributed by atoms with van der Waals surface area (Å²) in [6, 6.07) is 0. The third-order valence-corrected chi connectivity index (χ3v) is 4.77. The second kappa shape index (κ2) is 6.85. The van der Waals surface area contributed by atoms with Crippen molar-refractivity contribution in [2.75, 3.05) is 39.1 Å². The molecule has 0 aromatic carbocycles. The number of ether oxygens (including phenoxy) is 1. The lowest BCUT2D eigenvalue weighted by molar-refractivity contribution is 0.0363. The van der Waals surface area contributed by atoms with Gasteiger partial charge in [0.25, 0.3) is 0 Å². The molecule has 2 aromatic heterocycles. The second-order valence-electron chi connectivity index (χ2n) is 5.44. The number of imidazole rings is 2. The van der Waals surface area contributed by atoms with E-state index in [1.54, 1.807) is 11.8 Å². The Morgan fingerprint density at radius 2 is 2.09 bits per heavy atom. The van der Waals surface area contributed by atoms with Gasteiger partial charge in [-0.05, 0) is 13.2 Å². The molecule has 0 unspecified atom stereocenters. The minimum Gasteiger partial charge on any atom is -0.379 e. The molecule has 0 N–H and O–H groups in total. The molecule has 0 amide bonds. The van der Waals surface area contributed by atoms with E-state index in [0.717, 1.165) is 61.6 Å². The average Bonchev–Trinajstić information content (AvgIpc) is 3.09. The maximum absolute atomic E-state index is 5.38. The Morgan fingerprint density at radius 1 is 1.32 bits per heavy atom. The largest absolute Gasteiger partial charge is 0.379 e. The van der Waals surface area contributed by atoms with Gasteiger partial charge in [-0.2, -0.15) is 0 Å². The molecule has 0 spiro atoms. The van der Waals surface area contributed by atoms with Crippen LogP contribution in [-0.2, 0) is 18.3 Å². The maximum atomic E-state index is 5.38. The fourth-order valence-corrected chi connectivity index (χ4v) is 3.17. The van der Waals surface area contributed by atoms with Crippen LogP contribution in [0.3, 0.4) is 0 Å². The van der Waals surface area contributed by atoms with Gasteiger partial charge in [0.05, 0.1) is 25.7 Å². The molecule has 1 aliphatic rings. The van der Waals surface area contributed by atoms with E-state index in [0.29, 0.717) is 0 Å². The van der Waals surface area contributed by atoms with Crippen molar-refractivity contribution in [1.29, 1.82) is 0 Å². The normalized spacial score (nSPS) is 16.3. The van der Waals surface area contributed by atoms with Crippen molar-refractivity contribution in [2.45, 2.75) is 18.6 Å². The zero-order chi connectivity index (χ0) is 15.5. The molecule has 2 aromatic rings. The van der Waals surface area contributed by atoms with Crippen molar-refractivity contribution < 1.29 is 4.74 Å². The summed E-state index contributed by atoms with van der Waals surface area (Å²) in [5, 5.41) is 0.956. The molecule has 1 saturated heterocycles. The summed E-state index contributed by atoms with van der Waals surface area (Å²) in [4.78, 5) is 11.6. The second-order valence-corrected chi connectivity index (χ2v) is 6.22. The lowest BCUT2D eigenvalue weighted by Crippen LogP contribution is -2.38. The summed E-state index contributed by atoms with van der Waals surface area (Å²) in [7, 11) is 1.97. The molecular weight excluding hydrogens is 298 g/mol. The first-order valence-electron chi connectivity index (χ1n) is 7.51. The Labute approximate surface area is 135 Å². The van der Waals surface area contributed by atoms with Gasteiger partial charge in [-0.3, -0.25) is 4.90 Å². The number of aromatic nitrogens is 4. The summed E-state index contributed by atoms with van der Waals surface area (Å²) < 4.78 is 9.51.